The quantitative estimate of drug-likeness (QED) is 0.812. The lowest BCUT2D eigenvalue weighted by Gasteiger charge is -2.11. The summed E-state index contributed by atoms with van der Waals surface area (Å²) in [4.78, 5) is 4.63. The Morgan fingerprint density at radius 3 is 2.58 bits per heavy atom. The van der Waals surface area contributed by atoms with E-state index in [1.807, 2.05) is 11.5 Å². The summed E-state index contributed by atoms with van der Waals surface area (Å²) in [5.74, 6) is 1.05. The van der Waals surface area contributed by atoms with E-state index in [1.165, 1.54) is 18.4 Å². The number of aryl methyl sites for hydroxylation is 1. The van der Waals surface area contributed by atoms with Crippen molar-refractivity contribution in [3.8, 4) is 0 Å². The number of benzene rings is 1. The van der Waals surface area contributed by atoms with Crippen molar-refractivity contribution in [1.82, 2.24) is 13.9 Å². The van der Waals surface area contributed by atoms with E-state index in [4.69, 9.17) is 11.6 Å². The highest BCUT2D eigenvalue weighted by molar-refractivity contribution is 7.89. The molecule has 0 radical (unpaired) electrons. The van der Waals surface area contributed by atoms with Gasteiger partial charge in [0.25, 0.3) is 0 Å². The molecular weight excluding hydrogens is 286 g/mol. The molecular formula is C12H16ClN3O2S. The third-order valence-corrected chi connectivity index (χ3v) is 5.06. The summed E-state index contributed by atoms with van der Waals surface area (Å²) in [6, 6.07) is 4.97. The van der Waals surface area contributed by atoms with Crippen LogP contribution in [-0.2, 0) is 22.4 Å². The Morgan fingerprint density at radius 1 is 1.37 bits per heavy atom. The molecule has 2 rings (SSSR count). The van der Waals surface area contributed by atoms with Crippen LogP contribution in [0.25, 0.3) is 11.0 Å². The fourth-order valence-electron chi connectivity index (χ4n) is 1.99. The van der Waals surface area contributed by atoms with E-state index in [2.05, 4.69) is 4.98 Å². The smallest absolute Gasteiger partial charge is 0.242 e. The fourth-order valence-corrected chi connectivity index (χ4v) is 3.11. The standard InChI is InChI=1S/C12H16ClN3O2S/c1-4-16-11-6-5-9(19(17,18)15(2)3)7-10(11)14-12(16)8-13/h5-7H,4,8H2,1-3H3. The number of halogens is 1. The highest BCUT2D eigenvalue weighted by atomic mass is 35.5. The number of nitrogens with zero attached hydrogens (tertiary/aromatic N) is 3. The van der Waals surface area contributed by atoms with Gasteiger partial charge < -0.3 is 4.57 Å². The third-order valence-electron chi connectivity index (χ3n) is 3.01. The predicted octanol–water partition coefficient (Wildman–Crippen LogP) is 2.05. The second-order valence-corrected chi connectivity index (χ2v) is 6.76. The predicted molar refractivity (Wildman–Crippen MR) is 75.8 cm³/mol. The summed E-state index contributed by atoms with van der Waals surface area (Å²) in [6.07, 6.45) is 0. The first-order valence-corrected chi connectivity index (χ1v) is 7.87. The van der Waals surface area contributed by atoms with Crippen LogP contribution in [0.2, 0.25) is 0 Å². The zero-order valence-electron chi connectivity index (χ0n) is 11.1. The molecule has 7 heteroatoms. The summed E-state index contributed by atoms with van der Waals surface area (Å²) >= 11 is 5.85. The second kappa shape index (κ2) is 5.11. The molecule has 0 aliphatic heterocycles. The molecule has 0 amide bonds. The first kappa shape index (κ1) is 14.3. The SMILES string of the molecule is CCn1c(CCl)nc2cc(S(=O)(=O)N(C)C)ccc21. The first-order valence-electron chi connectivity index (χ1n) is 5.89. The summed E-state index contributed by atoms with van der Waals surface area (Å²) in [6.45, 7) is 2.75. The highest BCUT2D eigenvalue weighted by Gasteiger charge is 2.19. The molecule has 0 spiro atoms. The number of sulfonamides is 1. The molecule has 0 N–H and O–H groups in total. The Bertz CT molecular complexity index is 707. The van der Waals surface area contributed by atoms with Crippen molar-refractivity contribution >= 4 is 32.7 Å². The monoisotopic (exact) mass is 301 g/mol. The number of fused-ring (bicyclic) bond motifs is 1. The van der Waals surface area contributed by atoms with Crippen molar-refractivity contribution in [3.63, 3.8) is 0 Å². The number of aromatic nitrogens is 2. The van der Waals surface area contributed by atoms with Crippen molar-refractivity contribution < 1.29 is 8.42 Å². The lowest BCUT2D eigenvalue weighted by molar-refractivity contribution is 0.521. The molecule has 0 fully saturated rings. The molecule has 0 saturated heterocycles. The molecule has 1 aromatic heterocycles. The second-order valence-electron chi connectivity index (χ2n) is 4.34. The van der Waals surface area contributed by atoms with Gasteiger partial charge in [0.05, 0.1) is 21.8 Å². The van der Waals surface area contributed by atoms with Crippen LogP contribution in [0.15, 0.2) is 23.1 Å². The Balaban J connectivity index is 2.66. The number of hydrogen-bond acceptors (Lipinski definition) is 3. The number of hydrogen-bond donors (Lipinski definition) is 0. The van der Waals surface area contributed by atoms with Crippen LogP contribution in [0.3, 0.4) is 0 Å². The summed E-state index contributed by atoms with van der Waals surface area (Å²) in [5.41, 5.74) is 1.55. The van der Waals surface area contributed by atoms with Gasteiger partial charge in [0.15, 0.2) is 0 Å². The Labute approximate surface area is 117 Å². The maximum atomic E-state index is 12.1. The van der Waals surface area contributed by atoms with Crippen molar-refractivity contribution in [1.29, 1.82) is 0 Å². The molecule has 0 aliphatic carbocycles. The van der Waals surface area contributed by atoms with Crippen molar-refractivity contribution in [2.24, 2.45) is 0 Å². The molecule has 0 aliphatic rings. The van der Waals surface area contributed by atoms with Crippen LogP contribution < -0.4 is 0 Å². The molecule has 104 valence electrons. The molecule has 0 atom stereocenters. The summed E-state index contributed by atoms with van der Waals surface area (Å²) in [5, 5.41) is 0. The lowest BCUT2D eigenvalue weighted by Crippen LogP contribution is -2.22. The van der Waals surface area contributed by atoms with E-state index in [0.717, 1.165) is 17.9 Å². The average molecular weight is 302 g/mol. The van der Waals surface area contributed by atoms with E-state index in [1.54, 1.807) is 18.2 Å². The van der Waals surface area contributed by atoms with Crippen LogP contribution in [0.1, 0.15) is 12.7 Å². The summed E-state index contributed by atoms with van der Waals surface area (Å²) in [7, 11) is -0.418. The molecule has 0 saturated carbocycles. The van der Waals surface area contributed by atoms with E-state index in [0.29, 0.717) is 11.4 Å². The van der Waals surface area contributed by atoms with Gasteiger partial charge in [0.1, 0.15) is 5.82 Å². The zero-order valence-corrected chi connectivity index (χ0v) is 12.7. The van der Waals surface area contributed by atoms with Crippen LogP contribution >= 0.6 is 11.6 Å². The first-order chi connectivity index (χ1) is 8.91. The molecule has 0 bridgehead atoms. The van der Waals surface area contributed by atoms with Gasteiger partial charge in [-0.3, -0.25) is 0 Å². The minimum absolute atomic E-state index is 0.242. The average Bonchev–Trinajstić information content (AvgIpc) is 2.74. The van der Waals surface area contributed by atoms with Gasteiger partial charge in [-0.1, -0.05) is 0 Å². The summed E-state index contributed by atoms with van der Waals surface area (Å²) < 4.78 is 27.3. The highest BCUT2D eigenvalue weighted by Crippen LogP contribution is 2.22. The molecule has 1 aromatic carbocycles. The van der Waals surface area contributed by atoms with Crippen molar-refractivity contribution in [2.45, 2.75) is 24.2 Å². The minimum atomic E-state index is -3.43. The van der Waals surface area contributed by atoms with E-state index < -0.39 is 10.0 Å². The van der Waals surface area contributed by atoms with E-state index in [-0.39, 0.29) is 4.90 Å². The minimum Gasteiger partial charge on any atom is -0.327 e. The Morgan fingerprint density at radius 2 is 2.05 bits per heavy atom. The van der Waals surface area contributed by atoms with Crippen molar-refractivity contribution in [2.75, 3.05) is 14.1 Å². The molecule has 2 aromatic rings. The van der Waals surface area contributed by atoms with Gasteiger partial charge in [-0.2, -0.15) is 0 Å². The van der Waals surface area contributed by atoms with E-state index >= 15 is 0 Å². The molecule has 1 heterocycles. The Kier molecular flexibility index (Phi) is 3.85. The van der Waals surface area contributed by atoms with Crippen LogP contribution in [0.4, 0.5) is 0 Å². The van der Waals surface area contributed by atoms with Gasteiger partial charge >= 0.3 is 0 Å². The van der Waals surface area contributed by atoms with Gasteiger partial charge in [0, 0.05) is 20.6 Å². The topological polar surface area (TPSA) is 55.2 Å². The van der Waals surface area contributed by atoms with Gasteiger partial charge in [-0.15, -0.1) is 11.6 Å². The molecule has 0 unspecified atom stereocenters. The zero-order chi connectivity index (χ0) is 14.2. The fraction of sp³-hybridized carbons (Fsp3) is 0.417. The number of imidazole rings is 1. The molecule has 5 nitrogen and oxygen atoms in total. The van der Waals surface area contributed by atoms with Gasteiger partial charge in [0.2, 0.25) is 10.0 Å². The van der Waals surface area contributed by atoms with Crippen LogP contribution in [-0.4, -0.2) is 36.4 Å². The lowest BCUT2D eigenvalue weighted by atomic mass is 10.3. The maximum Gasteiger partial charge on any atom is 0.242 e. The van der Waals surface area contributed by atoms with Crippen LogP contribution in [0, 0.1) is 0 Å². The Hall–Kier alpha value is -1.11. The van der Waals surface area contributed by atoms with Crippen LogP contribution in [0.5, 0.6) is 0 Å². The van der Waals surface area contributed by atoms with E-state index in [9.17, 15) is 8.42 Å². The molecule has 19 heavy (non-hydrogen) atoms. The van der Waals surface area contributed by atoms with Gasteiger partial charge in [-0.25, -0.2) is 17.7 Å². The van der Waals surface area contributed by atoms with Gasteiger partial charge in [-0.05, 0) is 25.1 Å². The van der Waals surface area contributed by atoms with Crippen molar-refractivity contribution in [3.05, 3.63) is 24.0 Å². The number of rotatable bonds is 4. The normalized spacial score (nSPS) is 12.5. The largest absolute Gasteiger partial charge is 0.327 e. The third kappa shape index (κ3) is 2.35. The number of alkyl halides is 1. The maximum absolute atomic E-state index is 12.1.